The van der Waals surface area contributed by atoms with Gasteiger partial charge in [-0.2, -0.15) is 0 Å². The van der Waals surface area contributed by atoms with Crippen LogP contribution < -0.4 is 5.32 Å². The average Bonchev–Trinajstić information content (AvgIpc) is 2.48. The number of para-hydroxylation sites is 1. The van der Waals surface area contributed by atoms with E-state index in [9.17, 15) is 9.59 Å². The summed E-state index contributed by atoms with van der Waals surface area (Å²) in [4.78, 5) is 26.9. The molecule has 1 aromatic heterocycles. The van der Waals surface area contributed by atoms with Gasteiger partial charge in [-0.3, -0.25) is 9.78 Å². The molecule has 0 atom stereocenters. The van der Waals surface area contributed by atoms with Gasteiger partial charge in [-0.05, 0) is 24.3 Å². The summed E-state index contributed by atoms with van der Waals surface area (Å²) in [5, 5.41) is 11.8. The maximum absolute atomic E-state index is 11.9. The van der Waals surface area contributed by atoms with E-state index in [-0.39, 0.29) is 5.70 Å². The van der Waals surface area contributed by atoms with E-state index in [0.717, 1.165) is 6.08 Å². The summed E-state index contributed by atoms with van der Waals surface area (Å²) >= 11 is 0. The van der Waals surface area contributed by atoms with Crippen molar-refractivity contribution in [3.05, 3.63) is 72.2 Å². The van der Waals surface area contributed by atoms with Crippen molar-refractivity contribution in [3.8, 4) is 0 Å². The molecule has 0 unspecified atom stereocenters. The van der Waals surface area contributed by atoms with Gasteiger partial charge in [0.25, 0.3) is 0 Å². The molecule has 0 radical (unpaired) electrons. The van der Waals surface area contributed by atoms with Gasteiger partial charge >= 0.3 is 5.97 Å². The van der Waals surface area contributed by atoms with Crippen molar-refractivity contribution in [3.63, 3.8) is 0 Å². The number of aliphatic carboxylic acids is 1. The largest absolute Gasteiger partial charge is 0.477 e. The molecule has 0 amide bonds. The zero-order valence-electron chi connectivity index (χ0n) is 10.5. The summed E-state index contributed by atoms with van der Waals surface area (Å²) in [6.45, 7) is 0. The Morgan fingerprint density at radius 2 is 1.85 bits per heavy atom. The lowest BCUT2D eigenvalue weighted by molar-refractivity contribution is -0.132. The molecule has 0 fully saturated rings. The molecule has 0 aliphatic heterocycles. The van der Waals surface area contributed by atoms with Gasteiger partial charge in [0.05, 0.1) is 0 Å². The normalized spacial score (nSPS) is 10.9. The third-order valence-electron chi connectivity index (χ3n) is 2.50. The molecule has 0 spiro atoms. The molecule has 0 saturated carbocycles. The Kier molecular flexibility index (Phi) is 4.24. The second-order valence-corrected chi connectivity index (χ2v) is 3.96. The number of aromatic nitrogens is 1. The van der Waals surface area contributed by atoms with E-state index < -0.39 is 11.8 Å². The van der Waals surface area contributed by atoms with Crippen LogP contribution in [0.25, 0.3) is 0 Å². The standard InChI is InChI=1S/C15H12N2O3/c18-14(11-5-4-8-16-10-11)9-13(15(19)20)17-12-6-2-1-3-7-12/h1-10,17H,(H,19,20). The fraction of sp³-hybridized carbons (Fsp3) is 0. The number of hydrogen-bond acceptors (Lipinski definition) is 4. The first-order valence-corrected chi connectivity index (χ1v) is 5.88. The fourth-order valence-electron chi connectivity index (χ4n) is 1.55. The Bertz CT molecular complexity index is 637. The molecule has 1 aromatic carbocycles. The molecule has 100 valence electrons. The number of benzene rings is 1. The predicted molar refractivity (Wildman–Crippen MR) is 74.4 cm³/mol. The Labute approximate surface area is 115 Å². The summed E-state index contributed by atoms with van der Waals surface area (Å²) in [5.74, 6) is -1.62. The number of carbonyl (C=O) groups excluding carboxylic acids is 1. The van der Waals surface area contributed by atoms with Crippen molar-refractivity contribution in [1.29, 1.82) is 0 Å². The van der Waals surface area contributed by atoms with E-state index >= 15 is 0 Å². The molecule has 5 nitrogen and oxygen atoms in total. The van der Waals surface area contributed by atoms with E-state index in [1.54, 1.807) is 42.6 Å². The van der Waals surface area contributed by atoms with Crippen molar-refractivity contribution in [2.45, 2.75) is 0 Å². The third-order valence-corrected chi connectivity index (χ3v) is 2.50. The maximum atomic E-state index is 11.9. The minimum Gasteiger partial charge on any atom is -0.477 e. The molecule has 2 aromatic rings. The highest BCUT2D eigenvalue weighted by Crippen LogP contribution is 2.10. The van der Waals surface area contributed by atoms with Crippen molar-refractivity contribution in [1.82, 2.24) is 4.98 Å². The fourth-order valence-corrected chi connectivity index (χ4v) is 1.55. The highest BCUT2D eigenvalue weighted by molar-refractivity contribution is 6.09. The molecule has 2 rings (SSSR count). The smallest absolute Gasteiger partial charge is 0.352 e. The molecule has 0 saturated heterocycles. The second kappa shape index (κ2) is 6.29. The summed E-state index contributed by atoms with van der Waals surface area (Å²) < 4.78 is 0. The minimum absolute atomic E-state index is 0.190. The van der Waals surface area contributed by atoms with Crippen molar-refractivity contribution < 1.29 is 14.7 Å². The summed E-state index contributed by atoms with van der Waals surface area (Å²) in [6.07, 6.45) is 3.98. The lowest BCUT2D eigenvalue weighted by Crippen LogP contribution is -2.12. The van der Waals surface area contributed by atoms with Crippen LogP contribution >= 0.6 is 0 Å². The van der Waals surface area contributed by atoms with Gasteiger partial charge in [-0.1, -0.05) is 18.2 Å². The van der Waals surface area contributed by atoms with E-state index in [0.29, 0.717) is 11.3 Å². The predicted octanol–water partition coefficient (Wildman–Crippen LogP) is 2.34. The number of nitrogens with zero attached hydrogens (tertiary/aromatic N) is 1. The molecular weight excluding hydrogens is 256 g/mol. The van der Waals surface area contributed by atoms with Crippen LogP contribution in [0.5, 0.6) is 0 Å². The zero-order chi connectivity index (χ0) is 14.4. The van der Waals surface area contributed by atoms with Gasteiger partial charge in [0, 0.05) is 29.7 Å². The van der Waals surface area contributed by atoms with Crippen LogP contribution in [0, 0.1) is 0 Å². The summed E-state index contributed by atoms with van der Waals surface area (Å²) in [6, 6.07) is 12.0. The average molecular weight is 268 g/mol. The SMILES string of the molecule is O=C(O)C(=CC(=O)c1cccnc1)Nc1ccccc1. The molecule has 0 bridgehead atoms. The summed E-state index contributed by atoms with van der Waals surface area (Å²) in [5.41, 5.74) is 0.742. The molecular formula is C15H12N2O3. The zero-order valence-corrected chi connectivity index (χ0v) is 10.5. The highest BCUT2D eigenvalue weighted by atomic mass is 16.4. The maximum Gasteiger partial charge on any atom is 0.352 e. The van der Waals surface area contributed by atoms with E-state index in [2.05, 4.69) is 10.3 Å². The van der Waals surface area contributed by atoms with E-state index in [1.165, 1.54) is 6.20 Å². The van der Waals surface area contributed by atoms with Crippen LogP contribution in [0.1, 0.15) is 10.4 Å². The topological polar surface area (TPSA) is 79.3 Å². The van der Waals surface area contributed by atoms with Crippen LogP contribution in [-0.2, 0) is 4.79 Å². The number of allylic oxidation sites excluding steroid dienone is 1. The lowest BCUT2D eigenvalue weighted by Gasteiger charge is -2.06. The summed E-state index contributed by atoms with van der Waals surface area (Å²) in [7, 11) is 0. The number of nitrogens with one attached hydrogen (secondary N) is 1. The number of hydrogen-bond donors (Lipinski definition) is 2. The lowest BCUT2D eigenvalue weighted by atomic mass is 10.1. The highest BCUT2D eigenvalue weighted by Gasteiger charge is 2.11. The van der Waals surface area contributed by atoms with Gasteiger partial charge < -0.3 is 10.4 Å². The van der Waals surface area contributed by atoms with E-state index in [1.807, 2.05) is 6.07 Å². The molecule has 1 heterocycles. The third kappa shape index (κ3) is 3.52. The van der Waals surface area contributed by atoms with Gasteiger partial charge in [0.1, 0.15) is 5.70 Å². The van der Waals surface area contributed by atoms with Crippen molar-refractivity contribution >= 4 is 17.4 Å². The number of anilines is 1. The Morgan fingerprint density at radius 3 is 2.45 bits per heavy atom. The van der Waals surface area contributed by atoms with Crippen LogP contribution in [0.2, 0.25) is 0 Å². The van der Waals surface area contributed by atoms with E-state index in [4.69, 9.17) is 5.11 Å². The van der Waals surface area contributed by atoms with Gasteiger partial charge in [0.15, 0.2) is 5.78 Å². The van der Waals surface area contributed by atoms with Crippen LogP contribution in [0.4, 0.5) is 5.69 Å². The van der Waals surface area contributed by atoms with Crippen LogP contribution in [0.3, 0.4) is 0 Å². The molecule has 0 aliphatic rings. The molecule has 2 N–H and O–H groups in total. The second-order valence-electron chi connectivity index (χ2n) is 3.96. The quantitative estimate of drug-likeness (QED) is 0.642. The first kappa shape index (κ1) is 13.5. The van der Waals surface area contributed by atoms with Crippen molar-refractivity contribution in [2.75, 3.05) is 5.32 Å². The van der Waals surface area contributed by atoms with Crippen LogP contribution in [0.15, 0.2) is 66.6 Å². The Hall–Kier alpha value is -2.95. The number of carboxylic acids is 1. The molecule has 0 aliphatic carbocycles. The first-order chi connectivity index (χ1) is 9.66. The van der Waals surface area contributed by atoms with Crippen molar-refractivity contribution in [2.24, 2.45) is 0 Å². The first-order valence-electron chi connectivity index (χ1n) is 5.88. The number of rotatable bonds is 5. The van der Waals surface area contributed by atoms with Gasteiger partial charge in [0.2, 0.25) is 0 Å². The van der Waals surface area contributed by atoms with Gasteiger partial charge in [-0.15, -0.1) is 0 Å². The number of pyridine rings is 1. The van der Waals surface area contributed by atoms with Crippen LogP contribution in [-0.4, -0.2) is 21.8 Å². The number of carboxylic acid groups (broad SMARTS) is 1. The monoisotopic (exact) mass is 268 g/mol. The number of ketones is 1. The molecule has 20 heavy (non-hydrogen) atoms. The number of carbonyl (C=O) groups is 2. The Morgan fingerprint density at radius 1 is 1.10 bits per heavy atom. The van der Waals surface area contributed by atoms with Gasteiger partial charge in [-0.25, -0.2) is 4.79 Å². The minimum atomic E-state index is -1.20. The molecule has 5 heteroatoms. The Balaban J connectivity index is 2.23.